The Kier molecular flexibility index (Phi) is 3.47. The molecule has 0 aromatic heterocycles. The lowest BCUT2D eigenvalue weighted by molar-refractivity contribution is 0.0979. The molecule has 3 aromatic carbocycles. The summed E-state index contributed by atoms with van der Waals surface area (Å²) in [6.07, 6.45) is 0. The molecule has 3 nitrogen and oxygen atoms in total. The molecule has 0 atom stereocenters. The fourth-order valence-electron chi connectivity index (χ4n) is 2.89. The minimum Gasteiger partial charge on any atom is -0.398 e. The van der Waals surface area contributed by atoms with Gasteiger partial charge in [-0.1, -0.05) is 42.1 Å². The smallest absolute Gasteiger partial charge is 0.196 e. The molecule has 0 radical (unpaired) electrons. The van der Waals surface area contributed by atoms with Crippen LogP contribution < -0.4 is 5.73 Å². The first kappa shape index (κ1) is 14.7. The SMILES string of the molecule is Nc1cccc2c1C(=O)c1cc(Sc3ccccc3)ccc1C2=O. The number of nitrogens with two attached hydrogens (primary N) is 1. The van der Waals surface area contributed by atoms with Crippen molar-refractivity contribution in [2.45, 2.75) is 9.79 Å². The van der Waals surface area contributed by atoms with Gasteiger partial charge in [0.2, 0.25) is 0 Å². The van der Waals surface area contributed by atoms with E-state index in [1.165, 1.54) is 0 Å². The van der Waals surface area contributed by atoms with Crippen molar-refractivity contribution < 1.29 is 9.59 Å². The monoisotopic (exact) mass is 331 g/mol. The summed E-state index contributed by atoms with van der Waals surface area (Å²) in [6.45, 7) is 0. The zero-order valence-corrected chi connectivity index (χ0v) is 13.5. The summed E-state index contributed by atoms with van der Waals surface area (Å²) in [7, 11) is 0. The minimum absolute atomic E-state index is 0.150. The van der Waals surface area contributed by atoms with Gasteiger partial charge in [0.15, 0.2) is 11.6 Å². The number of benzene rings is 3. The van der Waals surface area contributed by atoms with Crippen molar-refractivity contribution in [1.82, 2.24) is 0 Å². The highest BCUT2D eigenvalue weighted by atomic mass is 32.2. The summed E-state index contributed by atoms with van der Waals surface area (Å²) in [5.41, 5.74) is 7.84. The number of ketones is 2. The summed E-state index contributed by atoms with van der Waals surface area (Å²) in [5, 5.41) is 0. The molecule has 0 aliphatic heterocycles. The van der Waals surface area contributed by atoms with E-state index in [2.05, 4.69) is 0 Å². The number of nitrogen functional groups attached to an aromatic ring is 1. The van der Waals surface area contributed by atoms with E-state index in [-0.39, 0.29) is 11.6 Å². The summed E-state index contributed by atoms with van der Waals surface area (Å²) >= 11 is 1.55. The lowest BCUT2D eigenvalue weighted by Gasteiger charge is -2.19. The minimum atomic E-state index is -0.187. The number of anilines is 1. The Morgan fingerprint density at radius 2 is 1.46 bits per heavy atom. The van der Waals surface area contributed by atoms with Crippen molar-refractivity contribution in [1.29, 1.82) is 0 Å². The number of rotatable bonds is 2. The van der Waals surface area contributed by atoms with Crippen LogP contribution in [-0.4, -0.2) is 11.6 Å². The molecule has 4 rings (SSSR count). The first-order chi connectivity index (χ1) is 11.6. The van der Waals surface area contributed by atoms with Crippen molar-refractivity contribution in [2.75, 3.05) is 5.73 Å². The van der Waals surface area contributed by atoms with Crippen LogP contribution in [-0.2, 0) is 0 Å². The predicted octanol–water partition coefficient (Wildman–Crippen LogP) is 4.20. The lowest BCUT2D eigenvalue weighted by Crippen LogP contribution is -2.22. The van der Waals surface area contributed by atoms with Crippen molar-refractivity contribution in [3.05, 3.63) is 89.0 Å². The van der Waals surface area contributed by atoms with E-state index in [1.54, 1.807) is 42.1 Å². The maximum absolute atomic E-state index is 12.8. The Morgan fingerprint density at radius 1 is 0.667 bits per heavy atom. The van der Waals surface area contributed by atoms with Gasteiger partial charge in [0.25, 0.3) is 0 Å². The van der Waals surface area contributed by atoms with Gasteiger partial charge < -0.3 is 5.73 Å². The Bertz CT molecular complexity index is 980. The number of carbonyl (C=O) groups excluding carboxylic acids is 2. The van der Waals surface area contributed by atoms with Gasteiger partial charge in [-0.25, -0.2) is 0 Å². The molecule has 0 fully saturated rings. The highest BCUT2D eigenvalue weighted by molar-refractivity contribution is 7.99. The topological polar surface area (TPSA) is 60.2 Å². The van der Waals surface area contributed by atoms with E-state index in [0.29, 0.717) is 27.9 Å². The molecular formula is C20H13NO2S. The van der Waals surface area contributed by atoms with Gasteiger partial charge in [-0.3, -0.25) is 9.59 Å². The summed E-state index contributed by atoms with van der Waals surface area (Å²) in [5.74, 6) is -0.337. The molecule has 0 unspecified atom stereocenters. The van der Waals surface area contributed by atoms with Crippen molar-refractivity contribution in [3.8, 4) is 0 Å². The second-order valence-corrected chi connectivity index (χ2v) is 6.70. The number of hydrogen-bond donors (Lipinski definition) is 1. The van der Waals surface area contributed by atoms with Crippen LogP contribution in [0.5, 0.6) is 0 Å². The van der Waals surface area contributed by atoms with Crippen LogP contribution in [0.4, 0.5) is 5.69 Å². The lowest BCUT2D eigenvalue weighted by atomic mass is 9.83. The van der Waals surface area contributed by atoms with Gasteiger partial charge in [0.1, 0.15) is 0 Å². The maximum Gasteiger partial charge on any atom is 0.196 e. The zero-order chi connectivity index (χ0) is 16.7. The van der Waals surface area contributed by atoms with E-state index in [4.69, 9.17) is 5.73 Å². The normalized spacial score (nSPS) is 12.7. The van der Waals surface area contributed by atoms with E-state index in [1.807, 2.05) is 36.4 Å². The number of carbonyl (C=O) groups is 2. The molecule has 0 saturated heterocycles. The third-order valence-electron chi connectivity index (χ3n) is 4.03. The third-order valence-corrected chi connectivity index (χ3v) is 5.03. The molecule has 116 valence electrons. The predicted molar refractivity (Wildman–Crippen MR) is 94.7 cm³/mol. The molecule has 3 aromatic rings. The molecule has 0 spiro atoms. The van der Waals surface area contributed by atoms with Gasteiger partial charge in [-0.05, 0) is 36.4 Å². The Morgan fingerprint density at radius 3 is 2.25 bits per heavy atom. The Labute approximate surface area is 143 Å². The average molecular weight is 331 g/mol. The molecule has 0 heterocycles. The number of fused-ring (bicyclic) bond motifs is 2. The summed E-state index contributed by atoms with van der Waals surface area (Å²) < 4.78 is 0. The standard InChI is InChI=1S/C20H13NO2S/c21-17-8-4-7-15-18(17)20(23)16-11-13(9-10-14(16)19(15)22)24-12-5-2-1-3-6-12/h1-11H,21H2. The van der Waals surface area contributed by atoms with Crippen molar-refractivity contribution in [2.24, 2.45) is 0 Å². The molecule has 1 aliphatic rings. The molecule has 1 aliphatic carbocycles. The Balaban J connectivity index is 1.80. The van der Waals surface area contributed by atoms with Crippen molar-refractivity contribution in [3.63, 3.8) is 0 Å². The van der Waals surface area contributed by atoms with Crippen LogP contribution in [0.3, 0.4) is 0 Å². The van der Waals surface area contributed by atoms with Gasteiger partial charge in [0, 0.05) is 32.2 Å². The zero-order valence-electron chi connectivity index (χ0n) is 12.7. The van der Waals surface area contributed by atoms with Gasteiger partial charge in [-0.15, -0.1) is 0 Å². The Hall–Kier alpha value is -2.85. The van der Waals surface area contributed by atoms with Crippen LogP contribution >= 0.6 is 11.8 Å². The van der Waals surface area contributed by atoms with Gasteiger partial charge >= 0.3 is 0 Å². The first-order valence-corrected chi connectivity index (χ1v) is 8.31. The highest BCUT2D eigenvalue weighted by Gasteiger charge is 2.31. The largest absolute Gasteiger partial charge is 0.398 e. The molecule has 2 N–H and O–H groups in total. The second-order valence-electron chi connectivity index (χ2n) is 5.55. The molecular weight excluding hydrogens is 318 g/mol. The van der Waals surface area contributed by atoms with Crippen LogP contribution in [0.25, 0.3) is 0 Å². The van der Waals surface area contributed by atoms with Crippen LogP contribution in [0.2, 0.25) is 0 Å². The van der Waals surface area contributed by atoms with E-state index >= 15 is 0 Å². The summed E-state index contributed by atoms with van der Waals surface area (Å²) in [6, 6.07) is 20.3. The quantitative estimate of drug-likeness (QED) is 0.559. The fourth-order valence-corrected chi connectivity index (χ4v) is 3.77. The molecule has 0 saturated carbocycles. The van der Waals surface area contributed by atoms with E-state index < -0.39 is 0 Å². The fraction of sp³-hybridized carbons (Fsp3) is 0. The molecule has 0 amide bonds. The van der Waals surface area contributed by atoms with Gasteiger partial charge in [0.05, 0.1) is 5.56 Å². The van der Waals surface area contributed by atoms with Crippen LogP contribution in [0, 0.1) is 0 Å². The first-order valence-electron chi connectivity index (χ1n) is 7.50. The van der Waals surface area contributed by atoms with E-state index in [9.17, 15) is 9.59 Å². The van der Waals surface area contributed by atoms with E-state index in [0.717, 1.165) is 9.79 Å². The molecule has 0 bridgehead atoms. The molecule has 4 heteroatoms. The second kappa shape index (κ2) is 5.65. The van der Waals surface area contributed by atoms with Gasteiger partial charge in [-0.2, -0.15) is 0 Å². The summed E-state index contributed by atoms with van der Waals surface area (Å²) in [4.78, 5) is 27.5. The molecule has 24 heavy (non-hydrogen) atoms. The number of hydrogen-bond acceptors (Lipinski definition) is 4. The van der Waals surface area contributed by atoms with Crippen LogP contribution in [0.1, 0.15) is 31.8 Å². The average Bonchev–Trinajstić information content (AvgIpc) is 2.60. The third kappa shape index (κ3) is 2.32. The van der Waals surface area contributed by atoms with Crippen LogP contribution in [0.15, 0.2) is 76.5 Å². The highest BCUT2D eigenvalue weighted by Crippen LogP contribution is 2.34. The maximum atomic E-state index is 12.8. The van der Waals surface area contributed by atoms with Crippen molar-refractivity contribution >= 4 is 29.0 Å².